The summed E-state index contributed by atoms with van der Waals surface area (Å²) in [5, 5.41) is 12.7. The van der Waals surface area contributed by atoms with Crippen molar-refractivity contribution in [1.82, 2.24) is 10.3 Å². The number of hydrogen-bond acceptors (Lipinski definition) is 6. The molecule has 2 aromatic rings. The molecule has 0 unspecified atom stereocenters. The molecule has 12 heteroatoms. The molecule has 3 N–H and O–H groups in total. The number of alkyl halides is 3. The van der Waals surface area contributed by atoms with Gasteiger partial charge in [0.2, 0.25) is 0 Å². The summed E-state index contributed by atoms with van der Waals surface area (Å²) in [5.74, 6) is -0.396. The van der Waals surface area contributed by atoms with Crippen LogP contribution in [0.3, 0.4) is 0 Å². The lowest BCUT2D eigenvalue weighted by atomic mass is 10.3. The highest BCUT2D eigenvalue weighted by atomic mass is 32.1. The third kappa shape index (κ3) is 5.46. The van der Waals surface area contributed by atoms with E-state index in [2.05, 4.69) is 15.0 Å². The van der Waals surface area contributed by atoms with Gasteiger partial charge in [0.1, 0.15) is 12.4 Å². The Labute approximate surface area is 136 Å². The predicted octanol–water partition coefficient (Wildman–Crippen LogP) is 3.01. The Hall–Kier alpha value is -2.76. The molecule has 0 spiro atoms. The number of nitrogens with one attached hydrogen (secondary N) is 2. The van der Waals surface area contributed by atoms with Gasteiger partial charge in [0.25, 0.3) is 0 Å². The van der Waals surface area contributed by atoms with E-state index in [1.165, 1.54) is 6.07 Å². The van der Waals surface area contributed by atoms with Crippen molar-refractivity contribution < 1.29 is 37.3 Å². The molecule has 0 bridgehead atoms. The highest BCUT2D eigenvalue weighted by molar-refractivity contribution is 7.22. The molecule has 0 saturated heterocycles. The number of thiazole rings is 1. The Bertz CT molecular complexity index is 749. The molecule has 8 nitrogen and oxygen atoms in total. The third-order valence-electron chi connectivity index (χ3n) is 2.41. The van der Waals surface area contributed by atoms with Crippen molar-refractivity contribution in [2.75, 3.05) is 18.5 Å². The Morgan fingerprint density at radius 1 is 1.33 bits per heavy atom. The van der Waals surface area contributed by atoms with Crippen molar-refractivity contribution in [3.8, 4) is 5.75 Å². The number of anilines is 1. The van der Waals surface area contributed by atoms with Crippen LogP contribution in [-0.4, -0.2) is 41.8 Å². The number of nitrogens with zero attached hydrogens (tertiary/aromatic N) is 1. The lowest BCUT2D eigenvalue weighted by Crippen LogP contribution is -2.27. The van der Waals surface area contributed by atoms with E-state index in [4.69, 9.17) is 9.84 Å². The van der Waals surface area contributed by atoms with Gasteiger partial charge in [-0.1, -0.05) is 11.3 Å². The number of carbonyl (C=O) groups excluding carboxylic acids is 1. The maximum Gasteiger partial charge on any atom is 0.573 e. The highest BCUT2D eigenvalue weighted by Gasteiger charge is 2.31. The standard InChI is InChI=1S/C12H10F3N3O5S/c13-12(14,15)23-6-1-2-7-8(5-6)24-9(17-7)18-11(21)22-4-3-16-10(19)20/h1-2,5,16H,3-4H2,(H,19,20)(H,17,18,21). The van der Waals surface area contributed by atoms with Gasteiger partial charge in [-0.3, -0.25) is 5.32 Å². The molecule has 0 saturated carbocycles. The summed E-state index contributed by atoms with van der Waals surface area (Å²) in [6.07, 6.45) is -6.91. The highest BCUT2D eigenvalue weighted by Crippen LogP contribution is 2.31. The molecule has 1 aromatic carbocycles. The Morgan fingerprint density at radius 3 is 2.75 bits per heavy atom. The molecule has 0 atom stereocenters. The van der Waals surface area contributed by atoms with Crippen molar-refractivity contribution in [3.63, 3.8) is 0 Å². The first-order valence-electron chi connectivity index (χ1n) is 6.30. The molecule has 0 aliphatic rings. The number of halogens is 3. The molecule has 1 heterocycles. The fraction of sp³-hybridized carbons (Fsp3) is 0.250. The largest absolute Gasteiger partial charge is 0.573 e. The lowest BCUT2D eigenvalue weighted by Gasteiger charge is -2.07. The van der Waals surface area contributed by atoms with Crippen molar-refractivity contribution in [3.05, 3.63) is 18.2 Å². The van der Waals surface area contributed by atoms with E-state index in [1.54, 1.807) is 0 Å². The molecular weight excluding hydrogens is 355 g/mol. The lowest BCUT2D eigenvalue weighted by molar-refractivity contribution is -0.274. The molecule has 0 radical (unpaired) electrons. The number of fused-ring (bicyclic) bond motifs is 1. The van der Waals surface area contributed by atoms with Gasteiger partial charge in [0.15, 0.2) is 5.13 Å². The SMILES string of the molecule is O=C(O)NCCOC(=O)Nc1nc2ccc(OC(F)(F)F)cc2s1. The number of hydrogen-bond donors (Lipinski definition) is 3. The molecule has 0 fully saturated rings. The first kappa shape index (κ1) is 17.6. The van der Waals surface area contributed by atoms with E-state index in [1.807, 2.05) is 5.32 Å². The van der Waals surface area contributed by atoms with Crippen LogP contribution in [0.1, 0.15) is 0 Å². The molecule has 2 rings (SSSR count). The van der Waals surface area contributed by atoms with Gasteiger partial charge in [-0.05, 0) is 12.1 Å². The molecule has 2 amide bonds. The van der Waals surface area contributed by atoms with Crippen LogP contribution in [0.4, 0.5) is 27.9 Å². The Kier molecular flexibility index (Phi) is 5.28. The van der Waals surface area contributed by atoms with Crippen LogP contribution < -0.4 is 15.4 Å². The molecule has 130 valence electrons. The van der Waals surface area contributed by atoms with Crippen LogP contribution in [0.15, 0.2) is 18.2 Å². The van der Waals surface area contributed by atoms with Gasteiger partial charge in [0.05, 0.1) is 16.8 Å². The van der Waals surface area contributed by atoms with Crippen LogP contribution in [-0.2, 0) is 4.74 Å². The van der Waals surface area contributed by atoms with Crippen molar-refractivity contribution >= 4 is 38.9 Å². The number of benzene rings is 1. The maximum atomic E-state index is 12.2. The van der Waals surface area contributed by atoms with Crippen molar-refractivity contribution in [2.45, 2.75) is 6.36 Å². The van der Waals surface area contributed by atoms with E-state index in [0.29, 0.717) is 10.2 Å². The fourth-order valence-corrected chi connectivity index (χ4v) is 2.46. The summed E-state index contributed by atoms with van der Waals surface area (Å²) in [6, 6.07) is 3.57. The predicted molar refractivity (Wildman–Crippen MR) is 77.3 cm³/mol. The third-order valence-corrected chi connectivity index (χ3v) is 3.35. The fourth-order valence-electron chi connectivity index (χ4n) is 1.58. The molecule has 24 heavy (non-hydrogen) atoms. The van der Waals surface area contributed by atoms with Crippen LogP contribution in [0.5, 0.6) is 5.75 Å². The van der Waals surface area contributed by atoms with Crippen LogP contribution >= 0.6 is 11.3 Å². The topological polar surface area (TPSA) is 110 Å². The smallest absolute Gasteiger partial charge is 0.465 e. The maximum absolute atomic E-state index is 12.2. The van der Waals surface area contributed by atoms with E-state index in [-0.39, 0.29) is 18.3 Å². The summed E-state index contributed by atoms with van der Waals surface area (Å²) in [4.78, 5) is 25.7. The van der Waals surface area contributed by atoms with E-state index in [0.717, 1.165) is 23.5 Å². The normalized spacial score (nSPS) is 11.1. The second-order valence-corrected chi connectivity index (χ2v) is 5.22. The van der Waals surface area contributed by atoms with Crippen molar-refractivity contribution in [1.29, 1.82) is 0 Å². The monoisotopic (exact) mass is 365 g/mol. The first-order valence-corrected chi connectivity index (χ1v) is 7.11. The zero-order valence-electron chi connectivity index (χ0n) is 11.7. The summed E-state index contributed by atoms with van der Waals surface area (Å²) < 4.78 is 45.4. The number of rotatable bonds is 5. The summed E-state index contributed by atoms with van der Waals surface area (Å²) in [6.45, 7) is -0.270. The van der Waals surface area contributed by atoms with Crippen LogP contribution in [0.2, 0.25) is 0 Å². The molecule has 1 aromatic heterocycles. The molecule has 0 aliphatic carbocycles. The minimum absolute atomic E-state index is 0.0826. The number of carbonyl (C=O) groups is 2. The van der Waals surface area contributed by atoms with Gasteiger partial charge in [-0.25, -0.2) is 14.6 Å². The summed E-state index contributed by atoms with van der Waals surface area (Å²) >= 11 is 0.930. The average molecular weight is 365 g/mol. The zero-order valence-corrected chi connectivity index (χ0v) is 12.5. The van der Waals surface area contributed by atoms with E-state index in [9.17, 15) is 22.8 Å². The molecular formula is C12H10F3N3O5S. The van der Waals surface area contributed by atoms with Gasteiger partial charge in [-0.15, -0.1) is 13.2 Å². The molecule has 0 aliphatic heterocycles. The minimum Gasteiger partial charge on any atom is -0.465 e. The number of carboxylic acid groups (broad SMARTS) is 1. The zero-order chi connectivity index (χ0) is 17.7. The second kappa shape index (κ2) is 7.21. The van der Waals surface area contributed by atoms with Gasteiger partial charge in [-0.2, -0.15) is 0 Å². The van der Waals surface area contributed by atoms with E-state index >= 15 is 0 Å². The number of aromatic nitrogens is 1. The van der Waals surface area contributed by atoms with Gasteiger partial charge in [0, 0.05) is 6.07 Å². The summed E-state index contributed by atoms with van der Waals surface area (Å²) in [5.41, 5.74) is 0.373. The number of ether oxygens (including phenoxy) is 2. The summed E-state index contributed by atoms with van der Waals surface area (Å²) in [7, 11) is 0. The van der Waals surface area contributed by atoms with Gasteiger partial charge < -0.3 is 19.9 Å². The minimum atomic E-state index is -4.80. The average Bonchev–Trinajstić information content (AvgIpc) is 2.83. The van der Waals surface area contributed by atoms with Crippen LogP contribution in [0, 0.1) is 0 Å². The Balaban J connectivity index is 1.95. The van der Waals surface area contributed by atoms with Gasteiger partial charge >= 0.3 is 18.5 Å². The second-order valence-electron chi connectivity index (χ2n) is 4.19. The Morgan fingerprint density at radius 2 is 2.08 bits per heavy atom. The first-order chi connectivity index (χ1) is 11.2. The van der Waals surface area contributed by atoms with Crippen molar-refractivity contribution in [2.24, 2.45) is 0 Å². The quantitative estimate of drug-likeness (QED) is 0.703. The number of amides is 2. The van der Waals surface area contributed by atoms with Crippen LogP contribution in [0.25, 0.3) is 10.2 Å². The van der Waals surface area contributed by atoms with E-state index < -0.39 is 24.3 Å².